The van der Waals surface area contributed by atoms with E-state index < -0.39 is 0 Å². The minimum absolute atomic E-state index is 0.101. The Morgan fingerprint density at radius 3 is 2.79 bits per heavy atom. The zero-order chi connectivity index (χ0) is 10.3. The summed E-state index contributed by atoms with van der Waals surface area (Å²) in [5, 5.41) is 9.81. The van der Waals surface area contributed by atoms with Gasteiger partial charge >= 0.3 is 0 Å². The van der Waals surface area contributed by atoms with Gasteiger partial charge in [-0.05, 0) is 37.3 Å². The lowest BCUT2D eigenvalue weighted by atomic mass is 10.1. The Balaban J connectivity index is 2.26. The quantitative estimate of drug-likeness (QED) is 0.803. The van der Waals surface area contributed by atoms with Gasteiger partial charge in [0, 0.05) is 10.6 Å². The van der Waals surface area contributed by atoms with Crippen LogP contribution in [0.3, 0.4) is 0 Å². The van der Waals surface area contributed by atoms with Crippen molar-refractivity contribution in [1.82, 2.24) is 0 Å². The predicted molar refractivity (Wildman–Crippen MR) is 53.9 cm³/mol. The van der Waals surface area contributed by atoms with Crippen LogP contribution in [0.25, 0.3) is 0 Å². The molecule has 1 nitrogen and oxygen atoms in total. The highest BCUT2D eigenvalue weighted by atomic mass is 35.5. The lowest BCUT2D eigenvalue weighted by molar-refractivity contribution is 0.168. The lowest BCUT2D eigenvalue weighted by Crippen LogP contribution is -2.04. The smallest absolute Gasteiger partial charge is 0.128 e. The van der Waals surface area contributed by atoms with E-state index in [2.05, 4.69) is 0 Å². The van der Waals surface area contributed by atoms with Crippen LogP contribution in [0.1, 0.15) is 24.8 Å². The number of aliphatic hydroxyl groups excluding tert-OH is 1. The van der Waals surface area contributed by atoms with Gasteiger partial charge in [-0.2, -0.15) is 0 Å². The van der Waals surface area contributed by atoms with Gasteiger partial charge in [-0.1, -0.05) is 17.7 Å². The molecule has 1 saturated carbocycles. The first kappa shape index (κ1) is 9.94. The maximum atomic E-state index is 13.4. The summed E-state index contributed by atoms with van der Waals surface area (Å²) in [6.45, 7) is 1.74. The minimum atomic E-state index is -0.379. The molecule has 0 heterocycles. The molecule has 14 heavy (non-hydrogen) atoms. The average molecular weight is 215 g/mol. The molecule has 0 radical (unpaired) electrons. The summed E-state index contributed by atoms with van der Waals surface area (Å²) in [6, 6.07) is 4.71. The summed E-state index contributed by atoms with van der Waals surface area (Å²) in [5.41, 5.74) is 0.570. The second kappa shape index (κ2) is 3.52. The van der Waals surface area contributed by atoms with Gasteiger partial charge in [0.2, 0.25) is 0 Å². The second-order valence-electron chi connectivity index (χ2n) is 3.88. The normalized spacial score (nSPS) is 27.4. The van der Waals surface area contributed by atoms with Crippen molar-refractivity contribution < 1.29 is 9.50 Å². The summed E-state index contributed by atoms with van der Waals surface area (Å²) >= 11 is 5.91. The van der Waals surface area contributed by atoms with Crippen molar-refractivity contribution >= 4 is 11.6 Å². The molecule has 0 aliphatic heterocycles. The van der Waals surface area contributed by atoms with Crippen molar-refractivity contribution in [3.05, 3.63) is 34.6 Å². The summed E-state index contributed by atoms with van der Waals surface area (Å²) in [7, 11) is 0. The van der Waals surface area contributed by atoms with E-state index in [4.69, 9.17) is 11.6 Å². The van der Waals surface area contributed by atoms with Crippen molar-refractivity contribution in [3.63, 3.8) is 0 Å². The standard InChI is InChI=1S/C11H12ClFO/c1-6(14)7-5-8(7)11-9(12)3-2-4-10(11)13/h2-4,6-8,14H,5H2,1H3/t6-,7-,8-/m0/s1. The monoisotopic (exact) mass is 214 g/mol. The minimum Gasteiger partial charge on any atom is -0.393 e. The van der Waals surface area contributed by atoms with Crippen LogP contribution in [0.5, 0.6) is 0 Å². The van der Waals surface area contributed by atoms with Crippen molar-refractivity contribution in [2.24, 2.45) is 5.92 Å². The first-order valence-electron chi connectivity index (χ1n) is 4.73. The van der Waals surface area contributed by atoms with Gasteiger partial charge in [0.25, 0.3) is 0 Å². The van der Waals surface area contributed by atoms with E-state index >= 15 is 0 Å². The van der Waals surface area contributed by atoms with Gasteiger partial charge in [-0.3, -0.25) is 0 Å². The van der Waals surface area contributed by atoms with Crippen LogP contribution in [-0.2, 0) is 0 Å². The number of hydrogen-bond donors (Lipinski definition) is 1. The Kier molecular flexibility index (Phi) is 2.50. The Labute approximate surface area is 87.5 Å². The summed E-state index contributed by atoms with van der Waals surface area (Å²) in [5.74, 6) is 0.0127. The molecule has 0 aromatic heterocycles. The maximum absolute atomic E-state index is 13.4. The molecule has 3 heteroatoms. The van der Waals surface area contributed by atoms with E-state index in [0.29, 0.717) is 10.6 Å². The molecule has 0 bridgehead atoms. The highest BCUT2D eigenvalue weighted by Gasteiger charge is 2.43. The van der Waals surface area contributed by atoms with Gasteiger partial charge in [0.05, 0.1) is 6.10 Å². The molecule has 1 aliphatic rings. The Bertz CT molecular complexity index is 331. The van der Waals surface area contributed by atoms with Crippen LogP contribution in [0.4, 0.5) is 4.39 Å². The summed E-state index contributed by atoms with van der Waals surface area (Å²) in [6.07, 6.45) is 0.453. The molecule has 1 aromatic carbocycles. The molecule has 2 rings (SSSR count). The molecule has 3 atom stereocenters. The molecular formula is C11H12ClFO. The van der Waals surface area contributed by atoms with E-state index in [1.54, 1.807) is 19.1 Å². The Morgan fingerprint density at radius 1 is 1.57 bits per heavy atom. The van der Waals surface area contributed by atoms with E-state index in [9.17, 15) is 9.50 Å². The largest absolute Gasteiger partial charge is 0.393 e. The van der Waals surface area contributed by atoms with E-state index in [1.165, 1.54) is 6.07 Å². The topological polar surface area (TPSA) is 20.2 Å². The fourth-order valence-electron chi connectivity index (χ4n) is 1.94. The van der Waals surface area contributed by atoms with E-state index in [-0.39, 0.29) is 23.8 Å². The molecular weight excluding hydrogens is 203 g/mol. The van der Waals surface area contributed by atoms with Crippen LogP contribution >= 0.6 is 11.6 Å². The van der Waals surface area contributed by atoms with E-state index in [0.717, 1.165) is 6.42 Å². The highest BCUT2D eigenvalue weighted by molar-refractivity contribution is 6.31. The van der Waals surface area contributed by atoms with Gasteiger partial charge in [-0.25, -0.2) is 4.39 Å². The highest BCUT2D eigenvalue weighted by Crippen LogP contribution is 2.52. The van der Waals surface area contributed by atoms with Crippen molar-refractivity contribution in [1.29, 1.82) is 0 Å². The molecule has 0 unspecified atom stereocenters. The zero-order valence-corrected chi connectivity index (χ0v) is 8.63. The van der Waals surface area contributed by atoms with Crippen LogP contribution in [0.2, 0.25) is 5.02 Å². The third kappa shape index (κ3) is 1.64. The molecule has 1 aromatic rings. The molecule has 0 amide bonds. The number of aliphatic hydroxyl groups is 1. The summed E-state index contributed by atoms with van der Waals surface area (Å²) in [4.78, 5) is 0. The fourth-order valence-corrected chi connectivity index (χ4v) is 2.25. The second-order valence-corrected chi connectivity index (χ2v) is 4.29. The molecule has 1 aliphatic carbocycles. The molecule has 1 N–H and O–H groups in total. The zero-order valence-electron chi connectivity index (χ0n) is 7.87. The molecule has 1 fully saturated rings. The summed E-state index contributed by atoms with van der Waals surface area (Å²) < 4.78 is 13.4. The Hall–Kier alpha value is -0.600. The van der Waals surface area contributed by atoms with Crippen molar-refractivity contribution in [2.75, 3.05) is 0 Å². The van der Waals surface area contributed by atoms with Crippen LogP contribution in [0, 0.1) is 11.7 Å². The van der Waals surface area contributed by atoms with Crippen molar-refractivity contribution in [3.8, 4) is 0 Å². The van der Waals surface area contributed by atoms with E-state index in [1.807, 2.05) is 0 Å². The Morgan fingerprint density at radius 2 is 2.29 bits per heavy atom. The molecule has 0 spiro atoms. The van der Waals surface area contributed by atoms with Gasteiger partial charge in [-0.15, -0.1) is 0 Å². The first-order chi connectivity index (χ1) is 6.61. The maximum Gasteiger partial charge on any atom is 0.128 e. The van der Waals surface area contributed by atoms with Crippen LogP contribution < -0.4 is 0 Å². The number of rotatable bonds is 2. The molecule has 0 saturated heterocycles. The van der Waals surface area contributed by atoms with Crippen LogP contribution in [-0.4, -0.2) is 11.2 Å². The number of halogens is 2. The number of benzene rings is 1. The van der Waals surface area contributed by atoms with Crippen LogP contribution in [0.15, 0.2) is 18.2 Å². The first-order valence-corrected chi connectivity index (χ1v) is 5.11. The molecule has 76 valence electrons. The van der Waals surface area contributed by atoms with Crippen molar-refractivity contribution in [2.45, 2.75) is 25.4 Å². The average Bonchev–Trinajstić information content (AvgIpc) is 2.83. The predicted octanol–water partition coefficient (Wildman–Crippen LogP) is 2.96. The van der Waals surface area contributed by atoms with Gasteiger partial charge in [0.1, 0.15) is 5.82 Å². The third-order valence-electron chi connectivity index (χ3n) is 2.83. The fraction of sp³-hybridized carbons (Fsp3) is 0.455. The van der Waals surface area contributed by atoms with Gasteiger partial charge in [0.15, 0.2) is 0 Å². The third-order valence-corrected chi connectivity index (χ3v) is 3.16. The SMILES string of the molecule is C[C@H](O)[C@@H]1C[C@@H]1c1c(F)cccc1Cl. The van der Waals surface area contributed by atoms with Gasteiger partial charge < -0.3 is 5.11 Å². The number of hydrogen-bond acceptors (Lipinski definition) is 1. The lowest BCUT2D eigenvalue weighted by Gasteiger charge is -2.06.